The van der Waals surface area contributed by atoms with Crippen molar-refractivity contribution in [2.45, 2.75) is 66.0 Å². The van der Waals surface area contributed by atoms with Gasteiger partial charge in [0.05, 0.1) is 24.0 Å². The SMILES string of the molecule is Cc1cc(C)c(C)c(Oc2c(C(=O)N3CCCCC3c3cn([C@H](C)c4ccc(Br)cc4F)nn3)c(C)nn2C)c1. The molecule has 1 fully saturated rings. The van der Waals surface area contributed by atoms with E-state index in [1.54, 1.807) is 22.5 Å². The van der Waals surface area contributed by atoms with Crippen LogP contribution in [0.4, 0.5) is 4.39 Å². The van der Waals surface area contributed by atoms with Gasteiger partial charge in [-0.2, -0.15) is 5.10 Å². The molecule has 2 aromatic carbocycles. The predicted molar refractivity (Wildman–Crippen MR) is 154 cm³/mol. The van der Waals surface area contributed by atoms with Crippen molar-refractivity contribution in [3.05, 3.63) is 86.0 Å². The highest BCUT2D eigenvalue weighted by atomic mass is 79.9. The fraction of sp³-hybridized carbons (Fsp3) is 0.400. The Labute approximate surface area is 242 Å². The second-order valence-corrected chi connectivity index (χ2v) is 11.6. The van der Waals surface area contributed by atoms with E-state index in [1.807, 2.05) is 57.8 Å². The van der Waals surface area contributed by atoms with E-state index in [1.165, 1.54) is 6.07 Å². The van der Waals surface area contributed by atoms with E-state index >= 15 is 0 Å². The molecule has 210 valence electrons. The van der Waals surface area contributed by atoms with E-state index in [9.17, 15) is 9.18 Å². The van der Waals surface area contributed by atoms with Crippen molar-refractivity contribution in [3.63, 3.8) is 0 Å². The first-order valence-corrected chi connectivity index (χ1v) is 14.3. The lowest BCUT2D eigenvalue weighted by molar-refractivity contribution is 0.0602. The molecule has 4 aromatic rings. The van der Waals surface area contributed by atoms with Crippen LogP contribution in [0.15, 0.2) is 41.0 Å². The third kappa shape index (κ3) is 5.29. The van der Waals surface area contributed by atoms with Crippen LogP contribution in [-0.2, 0) is 7.05 Å². The number of piperidine rings is 1. The molecule has 2 atom stereocenters. The minimum absolute atomic E-state index is 0.145. The summed E-state index contributed by atoms with van der Waals surface area (Å²) in [5.74, 6) is 0.672. The number of halogens is 2. The van der Waals surface area contributed by atoms with Crippen molar-refractivity contribution in [2.24, 2.45) is 7.05 Å². The van der Waals surface area contributed by atoms with Gasteiger partial charge in [0.15, 0.2) is 0 Å². The van der Waals surface area contributed by atoms with Crippen molar-refractivity contribution >= 4 is 21.8 Å². The molecule has 1 amide bonds. The topological polar surface area (TPSA) is 78.1 Å². The van der Waals surface area contributed by atoms with Gasteiger partial charge in [-0.1, -0.05) is 33.3 Å². The maximum Gasteiger partial charge on any atom is 0.261 e. The van der Waals surface area contributed by atoms with Crippen LogP contribution in [0, 0.1) is 33.5 Å². The van der Waals surface area contributed by atoms with Gasteiger partial charge < -0.3 is 9.64 Å². The molecular formula is C30H34BrFN6O2. The first kappa shape index (κ1) is 28.0. The van der Waals surface area contributed by atoms with Gasteiger partial charge in [-0.05, 0) is 88.8 Å². The van der Waals surface area contributed by atoms with E-state index < -0.39 is 0 Å². The maximum atomic E-state index is 14.6. The van der Waals surface area contributed by atoms with Gasteiger partial charge in [-0.25, -0.2) is 13.8 Å². The van der Waals surface area contributed by atoms with Crippen molar-refractivity contribution in [3.8, 4) is 11.6 Å². The molecule has 0 aliphatic carbocycles. The van der Waals surface area contributed by atoms with Crippen LogP contribution in [0.2, 0.25) is 0 Å². The number of carbonyl (C=O) groups excluding carboxylic acids is 1. The van der Waals surface area contributed by atoms with Gasteiger partial charge in [0, 0.05) is 23.6 Å². The normalized spacial score (nSPS) is 16.3. The fourth-order valence-corrected chi connectivity index (χ4v) is 5.79. The predicted octanol–water partition coefficient (Wildman–Crippen LogP) is 6.92. The Kier molecular flexibility index (Phi) is 7.81. The summed E-state index contributed by atoms with van der Waals surface area (Å²) in [6.07, 6.45) is 4.45. The van der Waals surface area contributed by atoms with Gasteiger partial charge >= 0.3 is 0 Å². The maximum absolute atomic E-state index is 14.6. The summed E-state index contributed by atoms with van der Waals surface area (Å²) in [5.41, 5.74) is 5.49. The number of hydrogen-bond donors (Lipinski definition) is 0. The van der Waals surface area contributed by atoms with Gasteiger partial charge in [0.25, 0.3) is 5.91 Å². The van der Waals surface area contributed by atoms with Gasteiger partial charge in [-0.15, -0.1) is 5.10 Å². The lowest BCUT2D eigenvalue weighted by Crippen LogP contribution is -2.39. The van der Waals surface area contributed by atoms with E-state index in [4.69, 9.17) is 4.74 Å². The number of benzene rings is 2. The number of aromatic nitrogens is 5. The summed E-state index contributed by atoms with van der Waals surface area (Å²) in [5, 5.41) is 13.3. The number of amides is 1. The minimum atomic E-state index is -0.358. The van der Waals surface area contributed by atoms with Gasteiger partial charge in [0.2, 0.25) is 5.88 Å². The summed E-state index contributed by atoms with van der Waals surface area (Å²) in [6, 6.07) is 8.48. The zero-order valence-electron chi connectivity index (χ0n) is 23.7. The number of likely N-dealkylation sites (tertiary alicyclic amines) is 1. The Bertz CT molecular complexity index is 1580. The third-order valence-corrected chi connectivity index (χ3v) is 8.29. The van der Waals surface area contributed by atoms with Crippen LogP contribution in [-0.4, -0.2) is 42.1 Å². The highest BCUT2D eigenvalue weighted by molar-refractivity contribution is 9.10. The minimum Gasteiger partial charge on any atom is -0.438 e. The number of ether oxygens (including phenoxy) is 1. The lowest BCUT2D eigenvalue weighted by Gasteiger charge is -2.34. The first-order valence-electron chi connectivity index (χ1n) is 13.5. The summed E-state index contributed by atoms with van der Waals surface area (Å²) < 4.78 is 25.0. The number of rotatable bonds is 6. The highest BCUT2D eigenvalue weighted by Crippen LogP contribution is 2.36. The molecule has 40 heavy (non-hydrogen) atoms. The van der Waals surface area contributed by atoms with E-state index in [2.05, 4.69) is 37.4 Å². The zero-order valence-corrected chi connectivity index (χ0v) is 25.3. The van der Waals surface area contributed by atoms with Crippen LogP contribution >= 0.6 is 15.9 Å². The molecule has 0 saturated carbocycles. The molecule has 1 aliphatic heterocycles. The number of nitrogens with zero attached hydrogens (tertiary/aromatic N) is 6. The van der Waals surface area contributed by atoms with Crippen LogP contribution < -0.4 is 4.74 Å². The number of carbonyl (C=O) groups is 1. The van der Waals surface area contributed by atoms with Gasteiger partial charge in [-0.3, -0.25) is 4.79 Å². The van der Waals surface area contributed by atoms with Crippen molar-refractivity contribution < 1.29 is 13.9 Å². The Morgan fingerprint density at radius 2 is 1.93 bits per heavy atom. The van der Waals surface area contributed by atoms with Crippen LogP contribution in [0.25, 0.3) is 0 Å². The lowest BCUT2D eigenvalue weighted by atomic mass is 9.98. The largest absolute Gasteiger partial charge is 0.438 e. The summed E-state index contributed by atoms with van der Waals surface area (Å²) in [6.45, 7) is 10.4. The molecule has 1 aliphatic rings. The molecule has 0 bridgehead atoms. The van der Waals surface area contributed by atoms with Crippen LogP contribution in [0.3, 0.4) is 0 Å². The number of hydrogen-bond acceptors (Lipinski definition) is 5. The standard InChI is InChI=1S/C30H34BrFN6O2/c1-17-13-18(2)19(3)27(14-17)40-30-28(20(4)34-36(30)6)29(39)37-12-8-7-9-26(37)25-16-38(35-33-25)21(5)23-11-10-22(31)15-24(23)32/h10-11,13-16,21,26H,7-9,12H2,1-6H3/t21-,26?/m1/s1. The monoisotopic (exact) mass is 608 g/mol. The molecular weight excluding hydrogens is 575 g/mol. The van der Waals surface area contributed by atoms with Crippen LogP contribution in [0.5, 0.6) is 11.6 Å². The molecule has 0 spiro atoms. The Morgan fingerprint density at radius 3 is 2.67 bits per heavy atom. The van der Waals surface area contributed by atoms with Crippen LogP contribution in [0.1, 0.15) is 82.3 Å². The third-order valence-electron chi connectivity index (χ3n) is 7.80. The Morgan fingerprint density at radius 1 is 1.15 bits per heavy atom. The molecule has 1 unspecified atom stereocenters. The van der Waals surface area contributed by atoms with Crippen molar-refractivity contribution in [2.75, 3.05) is 6.54 Å². The molecule has 8 nitrogen and oxygen atoms in total. The molecule has 0 N–H and O–H groups in total. The van der Waals surface area contributed by atoms with Gasteiger partial charge in [0.1, 0.15) is 22.8 Å². The number of aryl methyl sites for hydroxylation is 4. The Hall–Kier alpha value is -3.53. The van der Waals surface area contributed by atoms with E-state index in [0.29, 0.717) is 45.2 Å². The molecule has 10 heteroatoms. The molecule has 1 saturated heterocycles. The highest BCUT2D eigenvalue weighted by Gasteiger charge is 2.35. The van der Waals surface area contributed by atoms with Crippen molar-refractivity contribution in [1.82, 2.24) is 29.7 Å². The van der Waals surface area contributed by atoms with E-state index in [-0.39, 0.29) is 23.8 Å². The smallest absolute Gasteiger partial charge is 0.261 e. The average Bonchev–Trinajstić information content (AvgIpc) is 3.50. The fourth-order valence-electron chi connectivity index (χ4n) is 5.45. The zero-order chi connectivity index (χ0) is 28.7. The summed E-state index contributed by atoms with van der Waals surface area (Å²) >= 11 is 3.31. The van der Waals surface area contributed by atoms with E-state index in [0.717, 1.165) is 36.0 Å². The summed E-state index contributed by atoms with van der Waals surface area (Å²) in [4.78, 5) is 16.0. The average molecular weight is 610 g/mol. The van der Waals surface area contributed by atoms with Crippen molar-refractivity contribution in [1.29, 1.82) is 0 Å². The molecule has 3 heterocycles. The Balaban J connectivity index is 1.45. The molecule has 5 rings (SSSR count). The second-order valence-electron chi connectivity index (χ2n) is 10.7. The quantitative estimate of drug-likeness (QED) is 0.237. The first-order chi connectivity index (χ1) is 19.0. The summed E-state index contributed by atoms with van der Waals surface area (Å²) in [7, 11) is 1.79. The molecule has 2 aromatic heterocycles. The molecule has 0 radical (unpaired) electrons. The second kappa shape index (κ2) is 11.2.